The second-order valence-corrected chi connectivity index (χ2v) is 8.64. The van der Waals surface area contributed by atoms with E-state index in [-0.39, 0.29) is 23.7 Å². The van der Waals surface area contributed by atoms with Gasteiger partial charge in [-0.1, -0.05) is 11.3 Å². The maximum atomic E-state index is 12.8. The molecule has 2 aromatic heterocycles. The fraction of sp³-hybridized carbons (Fsp3) is 0.556. The van der Waals surface area contributed by atoms with Crippen LogP contribution in [0.2, 0.25) is 0 Å². The van der Waals surface area contributed by atoms with Crippen LogP contribution in [-0.2, 0) is 16.1 Å². The van der Waals surface area contributed by atoms with E-state index in [1.165, 1.54) is 7.11 Å². The van der Waals surface area contributed by atoms with Gasteiger partial charge in [-0.25, -0.2) is 9.48 Å². The summed E-state index contributed by atoms with van der Waals surface area (Å²) < 4.78 is 6.38. The SMILES string of the molecule is COC(=O)c1cn([C@@H]2C[C@@H](C(=O)NCc3cccs3)N(CCCSC)C2)nn1. The molecule has 8 nitrogen and oxygen atoms in total. The molecular weight excluding hydrogens is 398 g/mol. The average Bonchev–Trinajstić information content (AvgIpc) is 3.45. The van der Waals surface area contributed by atoms with Crippen molar-refractivity contribution < 1.29 is 14.3 Å². The van der Waals surface area contributed by atoms with Crippen molar-refractivity contribution in [2.24, 2.45) is 0 Å². The first-order chi connectivity index (χ1) is 13.6. The minimum absolute atomic E-state index is 0.00215. The molecule has 1 saturated heterocycles. The Bertz CT molecular complexity index is 780. The van der Waals surface area contributed by atoms with Gasteiger partial charge in [-0.2, -0.15) is 11.8 Å². The standard InChI is InChI=1S/C18H25N5O3S2/c1-26-18(25)15-12-23(21-20-15)13-9-16(22(11-13)6-4-7-27-2)17(24)19-10-14-5-3-8-28-14/h3,5,8,12-13,16H,4,6-7,9-11H2,1-2H3,(H,19,24)/t13-,16+/m1/s1. The van der Waals surface area contributed by atoms with Crippen LogP contribution in [0.25, 0.3) is 0 Å². The molecule has 1 fully saturated rings. The molecule has 1 aliphatic rings. The highest BCUT2D eigenvalue weighted by Crippen LogP contribution is 2.27. The Kier molecular flexibility index (Phi) is 7.46. The van der Waals surface area contributed by atoms with E-state index >= 15 is 0 Å². The number of likely N-dealkylation sites (tertiary alicyclic amines) is 1. The van der Waals surface area contributed by atoms with Crippen molar-refractivity contribution in [1.82, 2.24) is 25.2 Å². The van der Waals surface area contributed by atoms with Crippen molar-refractivity contribution in [2.75, 3.05) is 32.2 Å². The van der Waals surface area contributed by atoms with Crippen molar-refractivity contribution >= 4 is 35.0 Å². The molecule has 1 aliphatic heterocycles. The minimum atomic E-state index is -0.508. The minimum Gasteiger partial charge on any atom is -0.464 e. The first-order valence-corrected chi connectivity index (χ1v) is 11.4. The van der Waals surface area contributed by atoms with Gasteiger partial charge in [-0.3, -0.25) is 9.69 Å². The van der Waals surface area contributed by atoms with Crippen molar-refractivity contribution in [3.63, 3.8) is 0 Å². The summed E-state index contributed by atoms with van der Waals surface area (Å²) in [7, 11) is 1.32. The van der Waals surface area contributed by atoms with Crippen LogP contribution in [0.15, 0.2) is 23.7 Å². The highest BCUT2D eigenvalue weighted by atomic mass is 32.2. The van der Waals surface area contributed by atoms with E-state index in [4.69, 9.17) is 4.74 Å². The van der Waals surface area contributed by atoms with E-state index in [1.54, 1.807) is 34.0 Å². The molecule has 3 heterocycles. The highest BCUT2D eigenvalue weighted by molar-refractivity contribution is 7.98. The van der Waals surface area contributed by atoms with Gasteiger partial charge < -0.3 is 10.1 Å². The lowest BCUT2D eigenvalue weighted by Crippen LogP contribution is -2.43. The number of nitrogens with zero attached hydrogens (tertiary/aromatic N) is 4. The van der Waals surface area contributed by atoms with E-state index in [0.29, 0.717) is 19.5 Å². The summed E-state index contributed by atoms with van der Waals surface area (Å²) in [5.41, 5.74) is 0.182. The third-order valence-electron chi connectivity index (χ3n) is 4.77. The summed E-state index contributed by atoms with van der Waals surface area (Å²) in [4.78, 5) is 27.8. The molecule has 1 N–H and O–H groups in total. The molecule has 0 aliphatic carbocycles. The maximum absolute atomic E-state index is 12.8. The van der Waals surface area contributed by atoms with Crippen LogP contribution in [0, 0.1) is 0 Å². The lowest BCUT2D eigenvalue weighted by Gasteiger charge is -2.23. The van der Waals surface area contributed by atoms with Crippen molar-refractivity contribution in [3.05, 3.63) is 34.3 Å². The van der Waals surface area contributed by atoms with Gasteiger partial charge in [0.15, 0.2) is 5.69 Å². The number of hydrogen-bond donors (Lipinski definition) is 1. The zero-order valence-corrected chi connectivity index (χ0v) is 17.7. The quantitative estimate of drug-likeness (QED) is 0.486. The van der Waals surface area contributed by atoms with Crippen LogP contribution in [0.3, 0.4) is 0 Å². The smallest absolute Gasteiger partial charge is 0.360 e. The predicted molar refractivity (Wildman–Crippen MR) is 110 cm³/mol. The first kappa shape index (κ1) is 20.8. The molecule has 0 radical (unpaired) electrons. The number of methoxy groups -OCH3 is 1. The molecule has 0 spiro atoms. The maximum Gasteiger partial charge on any atom is 0.360 e. The Balaban J connectivity index is 1.66. The van der Waals surface area contributed by atoms with Crippen LogP contribution in [-0.4, -0.2) is 70.0 Å². The largest absolute Gasteiger partial charge is 0.464 e. The third kappa shape index (κ3) is 5.12. The van der Waals surface area contributed by atoms with Crippen LogP contribution >= 0.6 is 23.1 Å². The van der Waals surface area contributed by atoms with Gasteiger partial charge in [-0.15, -0.1) is 16.4 Å². The number of thiophene rings is 1. The monoisotopic (exact) mass is 423 g/mol. The average molecular weight is 424 g/mol. The molecule has 10 heteroatoms. The summed E-state index contributed by atoms with van der Waals surface area (Å²) in [5.74, 6) is 0.584. The Labute approximate surface area is 172 Å². The number of aromatic nitrogens is 3. The summed E-state index contributed by atoms with van der Waals surface area (Å²) in [6, 6.07) is 3.79. The molecule has 0 aromatic carbocycles. The molecule has 0 saturated carbocycles. The van der Waals surface area contributed by atoms with E-state index in [0.717, 1.165) is 23.6 Å². The van der Waals surface area contributed by atoms with E-state index in [9.17, 15) is 9.59 Å². The topological polar surface area (TPSA) is 89.4 Å². The van der Waals surface area contributed by atoms with Gasteiger partial charge in [-0.05, 0) is 42.8 Å². The highest BCUT2D eigenvalue weighted by Gasteiger charge is 2.38. The normalized spacial score (nSPS) is 19.6. The van der Waals surface area contributed by atoms with Crippen LogP contribution in [0.5, 0.6) is 0 Å². The molecule has 28 heavy (non-hydrogen) atoms. The summed E-state index contributed by atoms with van der Waals surface area (Å²) in [6.07, 6.45) is 5.34. The number of carbonyl (C=O) groups excluding carboxylic acids is 2. The Morgan fingerprint density at radius 1 is 1.46 bits per heavy atom. The Morgan fingerprint density at radius 3 is 3.04 bits per heavy atom. The number of amides is 1. The van der Waals surface area contributed by atoms with Gasteiger partial charge in [0.05, 0.1) is 31.9 Å². The number of esters is 1. The molecule has 2 aromatic rings. The fourth-order valence-corrected chi connectivity index (χ4v) is 4.42. The lowest BCUT2D eigenvalue weighted by atomic mass is 10.1. The second-order valence-electron chi connectivity index (χ2n) is 6.62. The zero-order chi connectivity index (χ0) is 19.9. The Hall–Kier alpha value is -1.91. The molecule has 3 rings (SSSR count). The zero-order valence-electron chi connectivity index (χ0n) is 16.0. The van der Waals surface area contributed by atoms with Gasteiger partial charge >= 0.3 is 5.97 Å². The van der Waals surface area contributed by atoms with Crippen molar-refractivity contribution in [3.8, 4) is 0 Å². The predicted octanol–water partition coefficient (Wildman–Crippen LogP) is 1.81. The third-order valence-corrected chi connectivity index (χ3v) is 6.35. The number of rotatable bonds is 9. The fourth-order valence-electron chi connectivity index (χ4n) is 3.36. The van der Waals surface area contributed by atoms with Crippen molar-refractivity contribution in [2.45, 2.75) is 31.5 Å². The van der Waals surface area contributed by atoms with Crippen LogP contribution in [0.4, 0.5) is 0 Å². The van der Waals surface area contributed by atoms with Crippen LogP contribution in [0.1, 0.15) is 34.2 Å². The van der Waals surface area contributed by atoms with E-state index < -0.39 is 5.97 Å². The van der Waals surface area contributed by atoms with Crippen LogP contribution < -0.4 is 5.32 Å². The lowest BCUT2D eigenvalue weighted by molar-refractivity contribution is -0.125. The van der Waals surface area contributed by atoms with Gasteiger partial charge in [0, 0.05) is 11.4 Å². The number of ether oxygens (including phenoxy) is 1. The van der Waals surface area contributed by atoms with Gasteiger partial charge in [0.2, 0.25) is 5.91 Å². The molecule has 2 atom stereocenters. The first-order valence-electron chi connectivity index (χ1n) is 9.15. The van der Waals surface area contributed by atoms with Gasteiger partial charge in [0.1, 0.15) is 0 Å². The molecule has 152 valence electrons. The second kappa shape index (κ2) is 10.0. The molecule has 1 amide bonds. The number of hydrogen-bond acceptors (Lipinski definition) is 8. The van der Waals surface area contributed by atoms with E-state index in [2.05, 4.69) is 26.8 Å². The number of nitrogens with one attached hydrogen (secondary N) is 1. The number of thioether (sulfide) groups is 1. The molecular formula is C18H25N5O3S2. The number of carbonyl (C=O) groups is 2. The van der Waals surface area contributed by atoms with Gasteiger partial charge in [0.25, 0.3) is 0 Å². The summed E-state index contributed by atoms with van der Waals surface area (Å²) in [5, 5.41) is 13.0. The van der Waals surface area contributed by atoms with Crippen molar-refractivity contribution in [1.29, 1.82) is 0 Å². The van der Waals surface area contributed by atoms with E-state index in [1.807, 2.05) is 17.5 Å². The summed E-state index contributed by atoms with van der Waals surface area (Å²) in [6.45, 7) is 2.11. The summed E-state index contributed by atoms with van der Waals surface area (Å²) >= 11 is 3.44. The molecule has 0 bridgehead atoms. The molecule has 0 unspecified atom stereocenters. The Morgan fingerprint density at radius 2 is 2.32 bits per heavy atom.